The van der Waals surface area contributed by atoms with Crippen molar-refractivity contribution < 1.29 is 0 Å². The maximum absolute atomic E-state index is 4.48. The lowest BCUT2D eigenvalue weighted by Crippen LogP contribution is -2.29. The summed E-state index contributed by atoms with van der Waals surface area (Å²) in [4.78, 5) is 4.48. The van der Waals surface area contributed by atoms with Gasteiger partial charge >= 0.3 is 0 Å². The van der Waals surface area contributed by atoms with E-state index in [2.05, 4.69) is 34.6 Å². The number of nitrogens with one attached hydrogen (secondary N) is 1. The maximum atomic E-state index is 4.48. The van der Waals surface area contributed by atoms with Crippen molar-refractivity contribution in [2.75, 3.05) is 0 Å². The molecule has 1 heterocycles. The number of rotatable bonds is 3. The van der Waals surface area contributed by atoms with Crippen molar-refractivity contribution >= 4 is 0 Å². The Labute approximate surface area is 91.4 Å². The van der Waals surface area contributed by atoms with Crippen LogP contribution < -0.4 is 5.32 Å². The smallest absolute Gasteiger partial charge is 0.0544 e. The summed E-state index contributed by atoms with van der Waals surface area (Å²) >= 11 is 0. The van der Waals surface area contributed by atoms with Crippen molar-refractivity contribution in [3.05, 3.63) is 41.7 Å². The molecule has 0 amide bonds. The Balaban J connectivity index is 1.84. The molecule has 2 nitrogen and oxygen atoms in total. The zero-order valence-corrected chi connectivity index (χ0v) is 9.24. The SMILES string of the molecule is Cc1cccc(CNC2CC=CCC2)n1. The Morgan fingerprint density at radius 1 is 1.40 bits per heavy atom. The highest BCUT2D eigenvalue weighted by Crippen LogP contribution is 2.11. The van der Waals surface area contributed by atoms with Gasteiger partial charge in [-0.1, -0.05) is 18.2 Å². The highest BCUT2D eigenvalue weighted by atomic mass is 14.9. The van der Waals surface area contributed by atoms with Crippen LogP contribution in [-0.4, -0.2) is 11.0 Å². The molecule has 0 aliphatic heterocycles. The van der Waals surface area contributed by atoms with E-state index in [0.29, 0.717) is 6.04 Å². The van der Waals surface area contributed by atoms with Crippen LogP contribution in [0.1, 0.15) is 30.7 Å². The van der Waals surface area contributed by atoms with Crippen LogP contribution in [0.5, 0.6) is 0 Å². The van der Waals surface area contributed by atoms with Crippen molar-refractivity contribution in [1.82, 2.24) is 10.3 Å². The zero-order chi connectivity index (χ0) is 10.5. The van der Waals surface area contributed by atoms with E-state index in [1.807, 2.05) is 13.0 Å². The first-order valence-corrected chi connectivity index (χ1v) is 5.65. The predicted molar refractivity (Wildman–Crippen MR) is 62.6 cm³/mol. The molecule has 0 bridgehead atoms. The lowest BCUT2D eigenvalue weighted by atomic mass is 10.0. The second kappa shape index (κ2) is 5.08. The molecule has 0 saturated carbocycles. The van der Waals surface area contributed by atoms with Crippen LogP contribution in [0.25, 0.3) is 0 Å². The third-order valence-corrected chi connectivity index (χ3v) is 2.79. The van der Waals surface area contributed by atoms with Crippen molar-refractivity contribution in [2.45, 2.75) is 38.8 Å². The van der Waals surface area contributed by atoms with Crippen molar-refractivity contribution in [1.29, 1.82) is 0 Å². The summed E-state index contributed by atoms with van der Waals surface area (Å²) in [5.74, 6) is 0. The molecule has 0 fully saturated rings. The molecule has 2 rings (SSSR count). The third kappa shape index (κ3) is 3.17. The van der Waals surface area contributed by atoms with Gasteiger partial charge < -0.3 is 5.32 Å². The van der Waals surface area contributed by atoms with E-state index in [-0.39, 0.29) is 0 Å². The molecular formula is C13H18N2. The number of aryl methyl sites for hydroxylation is 1. The second-order valence-electron chi connectivity index (χ2n) is 4.13. The summed E-state index contributed by atoms with van der Waals surface area (Å²) in [7, 11) is 0. The van der Waals surface area contributed by atoms with Crippen LogP contribution in [-0.2, 0) is 6.54 Å². The topological polar surface area (TPSA) is 24.9 Å². The first kappa shape index (κ1) is 10.4. The summed E-state index contributed by atoms with van der Waals surface area (Å²) in [6.07, 6.45) is 8.15. The van der Waals surface area contributed by atoms with Crippen LogP contribution in [0, 0.1) is 6.92 Å². The first-order valence-electron chi connectivity index (χ1n) is 5.65. The van der Waals surface area contributed by atoms with Gasteiger partial charge in [0.25, 0.3) is 0 Å². The molecule has 1 N–H and O–H groups in total. The highest BCUT2D eigenvalue weighted by molar-refractivity contribution is 5.09. The Morgan fingerprint density at radius 2 is 2.33 bits per heavy atom. The molecule has 1 aromatic rings. The maximum Gasteiger partial charge on any atom is 0.0544 e. The lowest BCUT2D eigenvalue weighted by molar-refractivity contribution is 0.471. The molecule has 2 heteroatoms. The zero-order valence-electron chi connectivity index (χ0n) is 9.24. The molecule has 0 saturated heterocycles. The molecule has 1 aliphatic rings. The number of hydrogen-bond acceptors (Lipinski definition) is 2. The van der Waals surface area contributed by atoms with Gasteiger partial charge in [-0.05, 0) is 38.3 Å². The van der Waals surface area contributed by atoms with Gasteiger partial charge in [-0.2, -0.15) is 0 Å². The summed E-state index contributed by atoms with van der Waals surface area (Å²) in [5, 5.41) is 3.55. The number of nitrogens with zero attached hydrogens (tertiary/aromatic N) is 1. The van der Waals surface area contributed by atoms with Gasteiger partial charge in [0.2, 0.25) is 0 Å². The first-order chi connectivity index (χ1) is 7.34. The third-order valence-electron chi connectivity index (χ3n) is 2.79. The molecule has 0 radical (unpaired) electrons. The summed E-state index contributed by atoms with van der Waals surface area (Å²) in [6, 6.07) is 6.82. The standard InChI is InChI=1S/C13H18N2/c1-11-6-5-9-13(15-11)10-14-12-7-3-2-4-8-12/h2-3,5-6,9,12,14H,4,7-8,10H2,1H3. The minimum atomic E-state index is 0.636. The fraction of sp³-hybridized carbons (Fsp3) is 0.462. The fourth-order valence-electron chi connectivity index (χ4n) is 1.93. The summed E-state index contributed by atoms with van der Waals surface area (Å²) in [5.41, 5.74) is 2.24. The minimum Gasteiger partial charge on any atom is -0.308 e. The lowest BCUT2D eigenvalue weighted by Gasteiger charge is -2.19. The van der Waals surface area contributed by atoms with Crippen molar-refractivity contribution in [3.8, 4) is 0 Å². The van der Waals surface area contributed by atoms with Crippen LogP contribution in [0.4, 0.5) is 0 Å². The highest BCUT2D eigenvalue weighted by Gasteiger charge is 2.08. The summed E-state index contributed by atoms with van der Waals surface area (Å²) in [6.45, 7) is 2.92. The van der Waals surface area contributed by atoms with Crippen LogP contribution in [0.2, 0.25) is 0 Å². The van der Waals surface area contributed by atoms with E-state index in [4.69, 9.17) is 0 Å². The largest absolute Gasteiger partial charge is 0.308 e. The van der Waals surface area contributed by atoms with Crippen LogP contribution in [0.3, 0.4) is 0 Å². The van der Waals surface area contributed by atoms with E-state index >= 15 is 0 Å². The van der Waals surface area contributed by atoms with Gasteiger partial charge in [0.05, 0.1) is 5.69 Å². The van der Waals surface area contributed by atoms with E-state index in [0.717, 1.165) is 24.4 Å². The molecule has 1 aliphatic carbocycles. The van der Waals surface area contributed by atoms with Gasteiger partial charge in [0.15, 0.2) is 0 Å². The quantitative estimate of drug-likeness (QED) is 0.762. The molecule has 0 aromatic carbocycles. The number of aromatic nitrogens is 1. The van der Waals surface area contributed by atoms with Gasteiger partial charge in [-0.25, -0.2) is 0 Å². The fourth-order valence-corrected chi connectivity index (χ4v) is 1.93. The molecule has 1 aromatic heterocycles. The van der Waals surface area contributed by atoms with E-state index in [1.165, 1.54) is 12.8 Å². The van der Waals surface area contributed by atoms with Crippen LogP contribution >= 0.6 is 0 Å². The molecule has 80 valence electrons. The Hall–Kier alpha value is -1.15. The molecular weight excluding hydrogens is 184 g/mol. The number of hydrogen-bond donors (Lipinski definition) is 1. The average molecular weight is 202 g/mol. The number of allylic oxidation sites excluding steroid dienone is 1. The molecule has 0 spiro atoms. The predicted octanol–water partition coefficient (Wildman–Crippen LogP) is 2.59. The normalized spacial score (nSPS) is 20.5. The Bertz CT molecular complexity index is 344. The van der Waals surface area contributed by atoms with E-state index in [9.17, 15) is 0 Å². The van der Waals surface area contributed by atoms with Gasteiger partial charge in [0.1, 0.15) is 0 Å². The van der Waals surface area contributed by atoms with Crippen molar-refractivity contribution in [3.63, 3.8) is 0 Å². The minimum absolute atomic E-state index is 0.636. The molecule has 1 unspecified atom stereocenters. The van der Waals surface area contributed by atoms with E-state index in [1.54, 1.807) is 0 Å². The van der Waals surface area contributed by atoms with Crippen molar-refractivity contribution in [2.24, 2.45) is 0 Å². The van der Waals surface area contributed by atoms with Gasteiger partial charge in [0, 0.05) is 18.3 Å². The number of pyridine rings is 1. The monoisotopic (exact) mass is 202 g/mol. The Kier molecular flexibility index (Phi) is 3.51. The van der Waals surface area contributed by atoms with E-state index < -0.39 is 0 Å². The van der Waals surface area contributed by atoms with Crippen LogP contribution in [0.15, 0.2) is 30.4 Å². The molecule has 15 heavy (non-hydrogen) atoms. The molecule has 1 atom stereocenters. The Morgan fingerprint density at radius 3 is 3.07 bits per heavy atom. The summed E-state index contributed by atoms with van der Waals surface area (Å²) < 4.78 is 0. The van der Waals surface area contributed by atoms with Gasteiger partial charge in [-0.3, -0.25) is 4.98 Å². The van der Waals surface area contributed by atoms with Gasteiger partial charge in [-0.15, -0.1) is 0 Å². The second-order valence-corrected chi connectivity index (χ2v) is 4.13. The average Bonchev–Trinajstić information content (AvgIpc) is 2.28.